The zero-order valence-electron chi connectivity index (χ0n) is 17.0. The molecule has 1 heterocycles. The van der Waals surface area contributed by atoms with Crippen molar-refractivity contribution < 1.29 is 19.1 Å². The number of carbonyl (C=O) groups is 3. The van der Waals surface area contributed by atoms with E-state index >= 15 is 0 Å². The predicted molar refractivity (Wildman–Crippen MR) is 119 cm³/mol. The van der Waals surface area contributed by atoms with Crippen molar-refractivity contribution in [3.8, 4) is 5.75 Å². The van der Waals surface area contributed by atoms with E-state index in [1.165, 1.54) is 0 Å². The van der Waals surface area contributed by atoms with Crippen LogP contribution in [0.15, 0.2) is 53.4 Å². The van der Waals surface area contributed by atoms with E-state index in [9.17, 15) is 14.4 Å². The van der Waals surface area contributed by atoms with Crippen LogP contribution in [0.2, 0.25) is 0 Å². The molecular formula is C23H24N2O4S. The second-order valence-electron chi connectivity index (χ2n) is 6.96. The normalized spacial score (nSPS) is 15.0. The second kappa shape index (κ2) is 10.1. The molecular weight excluding hydrogens is 400 g/mol. The molecule has 2 aromatic rings. The van der Waals surface area contributed by atoms with Crippen LogP contribution >= 0.6 is 11.8 Å². The average Bonchev–Trinajstić information content (AvgIpc) is 2.97. The first kappa shape index (κ1) is 21.6. The van der Waals surface area contributed by atoms with Gasteiger partial charge in [-0.3, -0.25) is 19.3 Å². The third kappa shape index (κ3) is 5.73. The highest BCUT2D eigenvalue weighted by atomic mass is 32.2. The summed E-state index contributed by atoms with van der Waals surface area (Å²) < 4.78 is 5.63. The van der Waals surface area contributed by atoms with Gasteiger partial charge in [0, 0.05) is 5.69 Å². The van der Waals surface area contributed by atoms with Crippen molar-refractivity contribution in [2.75, 3.05) is 18.5 Å². The van der Waals surface area contributed by atoms with E-state index in [1.807, 2.05) is 49.4 Å². The molecule has 1 fully saturated rings. The molecule has 0 saturated carbocycles. The fourth-order valence-corrected chi connectivity index (χ4v) is 3.69. The van der Waals surface area contributed by atoms with Crippen LogP contribution in [-0.4, -0.2) is 35.1 Å². The first-order chi connectivity index (χ1) is 14.5. The van der Waals surface area contributed by atoms with Gasteiger partial charge in [0.1, 0.15) is 12.3 Å². The van der Waals surface area contributed by atoms with E-state index < -0.39 is 17.1 Å². The summed E-state index contributed by atoms with van der Waals surface area (Å²) in [5.74, 6) is -0.119. The number of nitrogens with zero attached hydrogens (tertiary/aromatic N) is 1. The number of hydrogen-bond acceptors (Lipinski definition) is 5. The monoisotopic (exact) mass is 424 g/mol. The standard InChI is InChI=1S/C23H24N2O4S/c1-3-4-12-29-19-10-8-17(9-11-19)14-20-22(27)25(23(28)30-20)15-21(26)24-18-7-5-6-16(2)13-18/h5-11,13-14H,3-4,12,15H2,1-2H3,(H,24,26)/b20-14-. The lowest BCUT2D eigenvalue weighted by molar-refractivity contribution is -0.127. The maximum Gasteiger partial charge on any atom is 0.294 e. The summed E-state index contributed by atoms with van der Waals surface area (Å²) in [5, 5.41) is 2.26. The smallest absolute Gasteiger partial charge is 0.294 e. The van der Waals surface area contributed by atoms with Gasteiger partial charge in [0.15, 0.2) is 0 Å². The summed E-state index contributed by atoms with van der Waals surface area (Å²) in [4.78, 5) is 38.4. The summed E-state index contributed by atoms with van der Waals surface area (Å²) >= 11 is 0.836. The lowest BCUT2D eigenvalue weighted by Gasteiger charge is -2.12. The molecule has 3 amide bonds. The summed E-state index contributed by atoms with van der Waals surface area (Å²) in [5.41, 5.74) is 2.42. The van der Waals surface area contributed by atoms with Gasteiger partial charge in [-0.15, -0.1) is 0 Å². The summed E-state index contributed by atoms with van der Waals surface area (Å²) in [6, 6.07) is 14.7. The fourth-order valence-electron chi connectivity index (χ4n) is 2.85. The van der Waals surface area contributed by atoms with Gasteiger partial charge in [-0.1, -0.05) is 37.6 Å². The fraction of sp³-hybridized carbons (Fsp3) is 0.261. The van der Waals surface area contributed by atoms with Gasteiger partial charge in [0.25, 0.3) is 11.1 Å². The molecule has 6 nitrogen and oxygen atoms in total. The minimum Gasteiger partial charge on any atom is -0.494 e. The molecule has 1 aliphatic rings. The number of benzene rings is 2. The zero-order chi connectivity index (χ0) is 21.5. The number of imide groups is 1. The topological polar surface area (TPSA) is 75.7 Å². The van der Waals surface area contributed by atoms with Crippen molar-refractivity contribution in [3.05, 3.63) is 64.6 Å². The highest BCUT2D eigenvalue weighted by Crippen LogP contribution is 2.32. The van der Waals surface area contributed by atoms with Gasteiger partial charge >= 0.3 is 0 Å². The maximum atomic E-state index is 12.6. The van der Waals surface area contributed by atoms with E-state index in [-0.39, 0.29) is 6.54 Å². The molecule has 3 rings (SSSR count). The number of aryl methyl sites for hydroxylation is 1. The number of nitrogens with one attached hydrogen (secondary N) is 1. The predicted octanol–water partition coefficient (Wildman–Crippen LogP) is 4.85. The number of anilines is 1. The van der Waals surface area contributed by atoms with E-state index in [2.05, 4.69) is 12.2 Å². The molecule has 0 atom stereocenters. The molecule has 0 bridgehead atoms. The molecule has 0 spiro atoms. The molecule has 156 valence electrons. The zero-order valence-corrected chi connectivity index (χ0v) is 17.8. The minimum absolute atomic E-state index is 0.294. The number of rotatable bonds is 8. The molecule has 1 aliphatic heterocycles. The SMILES string of the molecule is CCCCOc1ccc(/C=C2\SC(=O)N(CC(=O)Nc3cccc(C)c3)C2=O)cc1. The van der Waals surface area contributed by atoms with E-state index in [4.69, 9.17) is 4.74 Å². The molecule has 1 saturated heterocycles. The molecule has 0 aliphatic carbocycles. The van der Waals surface area contributed by atoms with Crippen molar-refractivity contribution in [1.29, 1.82) is 0 Å². The molecule has 0 radical (unpaired) electrons. The molecule has 0 aromatic heterocycles. The highest BCUT2D eigenvalue weighted by Gasteiger charge is 2.36. The highest BCUT2D eigenvalue weighted by molar-refractivity contribution is 8.18. The molecule has 30 heavy (non-hydrogen) atoms. The Kier molecular flexibility index (Phi) is 7.30. The van der Waals surface area contributed by atoms with Gasteiger partial charge in [0.2, 0.25) is 5.91 Å². The molecule has 2 aromatic carbocycles. The lowest BCUT2D eigenvalue weighted by Crippen LogP contribution is -2.36. The van der Waals surface area contributed by atoms with Gasteiger partial charge < -0.3 is 10.1 Å². The number of thioether (sulfide) groups is 1. The summed E-state index contributed by atoms with van der Waals surface area (Å²) in [7, 11) is 0. The van der Waals surface area contributed by atoms with Crippen LogP contribution in [0.1, 0.15) is 30.9 Å². The van der Waals surface area contributed by atoms with Crippen LogP contribution in [0.25, 0.3) is 6.08 Å². The van der Waals surface area contributed by atoms with Crippen molar-refractivity contribution >= 4 is 40.6 Å². The van der Waals surface area contributed by atoms with Crippen LogP contribution in [0, 0.1) is 6.92 Å². The Morgan fingerprint density at radius 1 is 1.17 bits per heavy atom. The Morgan fingerprint density at radius 3 is 2.63 bits per heavy atom. The van der Waals surface area contributed by atoms with E-state index in [0.717, 1.165) is 46.4 Å². The van der Waals surface area contributed by atoms with Crippen molar-refractivity contribution in [1.82, 2.24) is 4.90 Å². The first-order valence-electron chi connectivity index (χ1n) is 9.81. The van der Waals surface area contributed by atoms with Crippen LogP contribution < -0.4 is 10.1 Å². The number of ether oxygens (including phenoxy) is 1. The van der Waals surface area contributed by atoms with Gasteiger partial charge in [-0.05, 0) is 66.6 Å². The molecule has 0 unspecified atom stereocenters. The van der Waals surface area contributed by atoms with Crippen molar-refractivity contribution in [2.24, 2.45) is 0 Å². The molecule has 7 heteroatoms. The van der Waals surface area contributed by atoms with Crippen molar-refractivity contribution in [2.45, 2.75) is 26.7 Å². The number of unbranched alkanes of at least 4 members (excludes halogenated alkanes) is 1. The Bertz CT molecular complexity index is 969. The maximum absolute atomic E-state index is 12.6. The number of carbonyl (C=O) groups excluding carboxylic acids is 3. The Morgan fingerprint density at radius 2 is 1.93 bits per heavy atom. The quantitative estimate of drug-likeness (QED) is 0.484. The summed E-state index contributed by atoms with van der Waals surface area (Å²) in [6.07, 6.45) is 3.71. The third-order valence-electron chi connectivity index (χ3n) is 4.42. The van der Waals surface area contributed by atoms with Crippen molar-refractivity contribution in [3.63, 3.8) is 0 Å². The Balaban J connectivity index is 1.61. The van der Waals surface area contributed by atoms with Crippen LogP contribution in [0.3, 0.4) is 0 Å². The number of hydrogen-bond donors (Lipinski definition) is 1. The van der Waals surface area contributed by atoms with Crippen LogP contribution in [-0.2, 0) is 9.59 Å². The Hall–Kier alpha value is -3.06. The first-order valence-corrected chi connectivity index (χ1v) is 10.6. The van der Waals surface area contributed by atoms with Gasteiger partial charge in [-0.25, -0.2) is 0 Å². The summed E-state index contributed by atoms with van der Waals surface area (Å²) in [6.45, 7) is 4.37. The molecule has 1 N–H and O–H groups in total. The minimum atomic E-state index is -0.465. The largest absolute Gasteiger partial charge is 0.494 e. The van der Waals surface area contributed by atoms with Gasteiger partial charge in [0.05, 0.1) is 11.5 Å². The average molecular weight is 425 g/mol. The lowest BCUT2D eigenvalue weighted by atomic mass is 10.2. The van der Waals surface area contributed by atoms with E-state index in [1.54, 1.807) is 12.1 Å². The van der Waals surface area contributed by atoms with Crippen LogP contribution in [0.5, 0.6) is 5.75 Å². The number of amides is 3. The Labute approximate surface area is 180 Å². The second-order valence-corrected chi connectivity index (χ2v) is 7.95. The van der Waals surface area contributed by atoms with E-state index in [0.29, 0.717) is 17.2 Å². The van der Waals surface area contributed by atoms with Crippen LogP contribution in [0.4, 0.5) is 10.5 Å². The van der Waals surface area contributed by atoms with Gasteiger partial charge in [-0.2, -0.15) is 0 Å². The third-order valence-corrected chi connectivity index (χ3v) is 5.33.